The summed E-state index contributed by atoms with van der Waals surface area (Å²) in [5.41, 5.74) is 0.946. The van der Waals surface area contributed by atoms with Gasteiger partial charge < -0.3 is 9.74 Å². The number of nitrogens with one attached hydrogen (secondary N) is 2. The van der Waals surface area contributed by atoms with Gasteiger partial charge in [0.1, 0.15) is 0 Å². The number of benzene rings is 3. The highest BCUT2D eigenvalue weighted by molar-refractivity contribution is 7.90. The molecule has 0 unspecified atom stereocenters. The molecule has 0 aromatic heterocycles. The molecule has 0 bridgehead atoms. The zero-order valence-corrected chi connectivity index (χ0v) is 27.0. The minimum atomic E-state index is -3.96. The number of sulfonamides is 1. The molecular formula is C34H44N2O4SSi. The van der Waals surface area contributed by atoms with E-state index in [1.165, 1.54) is 22.5 Å². The number of aryl methyl sites for hydroxylation is 1. The maximum Gasteiger partial charge on any atom is 0.328 e. The minimum Gasteiger partial charge on any atom is -0.407 e. The number of hydrogen-bond acceptors (Lipinski definition) is 4. The maximum absolute atomic E-state index is 12.8. The van der Waals surface area contributed by atoms with Gasteiger partial charge in [-0.1, -0.05) is 105 Å². The van der Waals surface area contributed by atoms with Gasteiger partial charge in [-0.3, -0.25) is 0 Å². The first-order valence-electron chi connectivity index (χ1n) is 14.7. The molecule has 4 rings (SSSR count). The predicted molar refractivity (Wildman–Crippen MR) is 173 cm³/mol. The number of rotatable bonds is 10. The Morgan fingerprint density at radius 3 is 2.05 bits per heavy atom. The van der Waals surface area contributed by atoms with E-state index in [0.29, 0.717) is 12.5 Å². The van der Waals surface area contributed by atoms with Crippen molar-refractivity contribution in [2.24, 2.45) is 11.8 Å². The molecule has 224 valence electrons. The molecule has 1 aliphatic carbocycles. The van der Waals surface area contributed by atoms with E-state index in [9.17, 15) is 13.2 Å². The predicted octanol–water partition coefficient (Wildman–Crippen LogP) is 5.92. The van der Waals surface area contributed by atoms with Gasteiger partial charge in [-0.15, -0.1) is 6.58 Å². The molecule has 3 aromatic rings. The van der Waals surface area contributed by atoms with Crippen LogP contribution in [0.15, 0.2) is 102 Å². The summed E-state index contributed by atoms with van der Waals surface area (Å²) in [6.07, 6.45) is 5.09. The van der Waals surface area contributed by atoms with Crippen molar-refractivity contribution in [3.05, 3.63) is 103 Å². The second-order valence-electron chi connectivity index (χ2n) is 12.4. The molecular weight excluding hydrogens is 561 g/mol. The van der Waals surface area contributed by atoms with Crippen molar-refractivity contribution in [3.63, 3.8) is 0 Å². The van der Waals surface area contributed by atoms with Crippen LogP contribution < -0.4 is 20.4 Å². The number of carbonyl (C=O) groups excluding carboxylic acids is 1. The van der Waals surface area contributed by atoms with E-state index in [0.717, 1.165) is 31.2 Å². The zero-order valence-electron chi connectivity index (χ0n) is 25.2. The van der Waals surface area contributed by atoms with Gasteiger partial charge in [-0.25, -0.2) is 17.9 Å². The molecule has 1 saturated carbocycles. The van der Waals surface area contributed by atoms with Gasteiger partial charge in [0, 0.05) is 12.6 Å². The lowest BCUT2D eigenvalue weighted by molar-refractivity contribution is 0.144. The van der Waals surface area contributed by atoms with Crippen LogP contribution in [0.4, 0.5) is 4.79 Å². The molecule has 42 heavy (non-hydrogen) atoms. The summed E-state index contributed by atoms with van der Waals surface area (Å²) in [4.78, 5) is 12.9. The monoisotopic (exact) mass is 604 g/mol. The average Bonchev–Trinajstić information content (AvgIpc) is 2.95. The molecule has 3 aromatic carbocycles. The molecule has 0 saturated heterocycles. The van der Waals surface area contributed by atoms with Gasteiger partial charge in [0.2, 0.25) is 0 Å². The third kappa shape index (κ3) is 7.22. The molecule has 1 aliphatic rings. The topological polar surface area (TPSA) is 84.5 Å². The van der Waals surface area contributed by atoms with Crippen LogP contribution in [0, 0.1) is 18.8 Å². The lowest BCUT2D eigenvalue weighted by atomic mass is 9.77. The summed E-state index contributed by atoms with van der Waals surface area (Å²) >= 11 is 0. The molecule has 8 heteroatoms. The summed E-state index contributed by atoms with van der Waals surface area (Å²) in [7, 11) is -6.60. The van der Waals surface area contributed by atoms with Gasteiger partial charge in [0.15, 0.2) is 0 Å². The Hall–Kier alpha value is -3.20. The Morgan fingerprint density at radius 2 is 1.52 bits per heavy atom. The second-order valence-corrected chi connectivity index (χ2v) is 18.4. The van der Waals surface area contributed by atoms with Crippen molar-refractivity contribution in [1.29, 1.82) is 0 Å². The number of allylic oxidation sites excluding steroid dienone is 1. The largest absolute Gasteiger partial charge is 0.407 e. The van der Waals surface area contributed by atoms with E-state index in [1.807, 2.05) is 25.1 Å². The Balaban J connectivity index is 1.48. The standard InChI is InChI=1S/C34H44N2O4SSi/c1-6-13-28-24-27(20-23-32(28)35-33(37)36-41(38,39)29-21-18-26(2)19-22-29)25-40-42(34(3,4)5,30-14-9-7-10-15-30)31-16-11-8-12-17-31/h6-12,14-19,21-22,27-28,32H,1,13,20,23-25H2,2-5H3,(H2,35,36,37)/t27-,28-,32-/m0/s1. The highest BCUT2D eigenvalue weighted by Crippen LogP contribution is 2.39. The molecule has 2 N–H and O–H groups in total. The number of hydrogen-bond donors (Lipinski definition) is 2. The number of amides is 2. The fourth-order valence-electron chi connectivity index (χ4n) is 6.28. The highest BCUT2D eigenvalue weighted by atomic mass is 32.2. The van der Waals surface area contributed by atoms with Crippen LogP contribution in [0.1, 0.15) is 52.0 Å². The molecule has 0 spiro atoms. The number of urea groups is 1. The lowest BCUT2D eigenvalue weighted by Gasteiger charge is -2.44. The Morgan fingerprint density at radius 1 is 0.952 bits per heavy atom. The minimum absolute atomic E-state index is 0.0649. The van der Waals surface area contributed by atoms with Crippen molar-refractivity contribution < 1.29 is 17.6 Å². The van der Waals surface area contributed by atoms with Crippen molar-refractivity contribution in [3.8, 4) is 0 Å². The van der Waals surface area contributed by atoms with Crippen LogP contribution >= 0.6 is 0 Å². The summed E-state index contributed by atoms with van der Waals surface area (Å²) in [6.45, 7) is 13.3. The first-order valence-corrected chi connectivity index (χ1v) is 18.1. The van der Waals surface area contributed by atoms with Crippen molar-refractivity contribution >= 4 is 34.7 Å². The lowest BCUT2D eigenvalue weighted by Crippen LogP contribution is -2.67. The quantitative estimate of drug-likeness (QED) is 0.222. The Kier molecular flexibility index (Phi) is 10.1. The summed E-state index contributed by atoms with van der Waals surface area (Å²) in [5, 5.41) is 5.36. The molecule has 2 amide bonds. The van der Waals surface area contributed by atoms with Crippen molar-refractivity contribution in [2.45, 2.75) is 69.4 Å². The van der Waals surface area contributed by atoms with Crippen molar-refractivity contribution in [1.82, 2.24) is 10.0 Å². The molecule has 0 radical (unpaired) electrons. The average molecular weight is 605 g/mol. The fraction of sp³-hybridized carbons (Fsp3) is 0.382. The Labute approximate surface area is 252 Å². The second kappa shape index (κ2) is 13.4. The first-order chi connectivity index (χ1) is 20.0. The molecule has 0 aliphatic heterocycles. The van der Waals surface area contributed by atoms with Crippen LogP contribution in [-0.4, -0.2) is 35.4 Å². The molecule has 0 heterocycles. The van der Waals surface area contributed by atoms with Crippen molar-refractivity contribution in [2.75, 3.05) is 6.61 Å². The van der Waals surface area contributed by atoms with Crippen LogP contribution in [0.3, 0.4) is 0 Å². The molecule has 1 fully saturated rings. The zero-order chi connectivity index (χ0) is 30.4. The van der Waals surface area contributed by atoms with Crippen LogP contribution in [0.25, 0.3) is 0 Å². The Bertz CT molecular complexity index is 1400. The van der Waals surface area contributed by atoms with Gasteiger partial charge >= 0.3 is 6.03 Å². The third-order valence-electron chi connectivity index (χ3n) is 8.39. The smallest absolute Gasteiger partial charge is 0.328 e. The fourth-order valence-corrected chi connectivity index (χ4v) is 11.8. The van der Waals surface area contributed by atoms with E-state index >= 15 is 0 Å². The van der Waals surface area contributed by atoms with E-state index in [1.54, 1.807) is 12.1 Å². The molecule has 3 atom stereocenters. The van der Waals surface area contributed by atoms with E-state index in [-0.39, 0.29) is 21.9 Å². The summed E-state index contributed by atoms with van der Waals surface area (Å²) in [6, 6.07) is 26.9. The van der Waals surface area contributed by atoms with Crippen LogP contribution in [0.5, 0.6) is 0 Å². The van der Waals surface area contributed by atoms with Crippen LogP contribution in [-0.2, 0) is 14.4 Å². The van der Waals surface area contributed by atoms with Gasteiger partial charge in [-0.05, 0) is 72.0 Å². The maximum atomic E-state index is 12.8. The van der Waals surface area contributed by atoms with Gasteiger partial charge in [0.05, 0.1) is 4.90 Å². The van der Waals surface area contributed by atoms with Gasteiger partial charge in [0.25, 0.3) is 18.3 Å². The normalized spacial score (nSPS) is 19.6. The molecule has 6 nitrogen and oxygen atoms in total. The van der Waals surface area contributed by atoms with Crippen LogP contribution in [0.2, 0.25) is 5.04 Å². The first kappa shape index (κ1) is 31.7. The third-order valence-corrected chi connectivity index (χ3v) is 14.7. The number of carbonyl (C=O) groups is 1. The highest BCUT2D eigenvalue weighted by Gasteiger charge is 2.50. The summed E-state index contributed by atoms with van der Waals surface area (Å²) < 4.78 is 34.9. The SMILES string of the molecule is C=CC[C@H]1C[C@@H](CO[Si](c2ccccc2)(c2ccccc2)C(C)(C)C)CC[C@@H]1NC(=O)NS(=O)(=O)c1ccc(C)cc1. The van der Waals surface area contributed by atoms with Gasteiger partial charge in [-0.2, -0.15) is 0 Å². The van der Waals surface area contributed by atoms with E-state index < -0.39 is 24.4 Å². The van der Waals surface area contributed by atoms with E-state index in [4.69, 9.17) is 4.43 Å². The van der Waals surface area contributed by atoms with E-state index in [2.05, 4.69) is 85.9 Å². The summed E-state index contributed by atoms with van der Waals surface area (Å²) in [5.74, 6) is 0.450.